The van der Waals surface area contributed by atoms with E-state index in [9.17, 15) is 26.0 Å². The first-order chi connectivity index (χ1) is 10.9. The molecule has 9 heteroatoms. The second-order valence-corrected chi connectivity index (χ2v) is 6.58. The van der Waals surface area contributed by atoms with Gasteiger partial charge in [0.1, 0.15) is 5.75 Å². The molecule has 0 amide bonds. The summed E-state index contributed by atoms with van der Waals surface area (Å²) in [5.74, 6) is -10.1. The topological polar surface area (TPSA) is 63.6 Å². The van der Waals surface area contributed by atoms with Gasteiger partial charge >= 0.3 is 10.1 Å². The summed E-state index contributed by atoms with van der Waals surface area (Å²) in [5.41, 5.74) is 1.73. The van der Waals surface area contributed by atoms with Crippen LogP contribution < -0.4 is 4.74 Å². The number of ether oxygens (including phenoxy) is 1. The Kier molecular flexibility index (Phi) is 4.60. The lowest BCUT2D eigenvalue weighted by molar-refractivity contribution is 0.345. The molecule has 0 aliphatic carbocycles. The van der Waals surface area contributed by atoms with E-state index in [4.69, 9.17) is 9.29 Å². The van der Waals surface area contributed by atoms with Crippen LogP contribution in [0, 0.1) is 44.0 Å². The van der Waals surface area contributed by atoms with Crippen molar-refractivity contribution in [2.45, 2.75) is 25.7 Å². The molecule has 0 saturated carbocycles. The van der Waals surface area contributed by atoms with Crippen molar-refractivity contribution < 1.29 is 35.3 Å². The summed E-state index contributed by atoms with van der Waals surface area (Å²) in [4.78, 5) is -2.11. The lowest BCUT2D eigenvalue weighted by atomic mass is 10.1. The number of hydrogen-bond acceptors (Lipinski definition) is 3. The Labute approximate surface area is 135 Å². The van der Waals surface area contributed by atoms with E-state index in [0.717, 1.165) is 5.56 Å². The van der Waals surface area contributed by atoms with E-state index in [-0.39, 0.29) is 5.75 Å². The van der Waals surface area contributed by atoms with Gasteiger partial charge in [-0.05, 0) is 31.9 Å². The molecule has 1 N–H and O–H groups in total. The molecule has 0 aliphatic heterocycles. The standard InChI is InChI=1S/C15H12F4O4S/c1-6-4-7(2)13(8(3)5-6)23-14-9(16)11(18)15(24(20,21)22)12(19)10(14)17/h4-5H,1-3H3,(H,20,21,22). The zero-order valence-corrected chi connectivity index (χ0v) is 13.6. The fourth-order valence-electron chi connectivity index (χ4n) is 2.34. The maximum absolute atomic E-state index is 14.0. The minimum Gasteiger partial charge on any atom is -0.450 e. The Morgan fingerprint density at radius 1 is 0.833 bits per heavy atom. The molecular formula is C15H12F4O4S. The van der Waals surface area contributed by atoms with Gasteiger partial charge in [0.25, 0.3) is 0 Å². The van der Waals surface area contributed by atoms with Crippen molar-refractivity contribution in [1.29, 1.82) is 0 Å². The van der Waals surface area contributed by atoms with Crippen molar-refractivity contribution in [2.24, 2.45) is 0 Å². The van der Waals surface area contributed by atoms with Crippen molar-refractivity contribution in [1.82, 2.24) is 0 Å². The first-order valence-electron chi connectivity index (χ1n) is 6.54. The first-order valence-corrected chi connectivity index (χ1v) is 7.98. The molecule has 4 nitrogen and oxygen atoms in total. The van der Waals surface area contributed by atoms with E-state index in [1.165, 1.54) is 0 Å². The smallest absolute Gasteiger partial charge is 0.300 e. The minimum atomic E-state index is -5.51. The van der Waals surface area contributed by atoms with Gasteiger partial charge in [-0.3, -0.25) is 4.55 Å². The molecule has 0 atom stereocenters. The Morgan fingerprint density at radius 3 is 1.62 bits per heavy atom. The van der Waals surface area contributed by atoms with E-state index in [1.807, 2.05) is 0 Å². The number of rotatable bonds is 3. The Morgan fingerprint density at radius 2 is 1.25 bits per heavy atom. The average Bonchev–Trinajstić information content (AvgIpc) is 2.42. The van der Waals surface area contributed by atoms with E-state index in [2.05, 4.69) is 0 Å². The second kappa shape index (κ2) is 6.06. The molecule has 24 heavy (non-hydrogen) atoms. The zero-order chi connectivity index (χ0) is 18.4. The number of aryl methyl sites for hydroxylation is 3. The zero-order valence-electron chi connectivity index (χ0n) is 12.7. The van der Waals surface area contributed by atoms with Crippen LogP contribution in [0.4, 0.5) is 17.6 Å². The van der Waals surface area contributed by atoms with E-state index >= 15 is 0 Å². The van der Waals surface area contributed by atoms with Crippen molar-refractivity contribution in [3.63, 3.8) is 0 Å². The fraction of sp³-hybridized carbons (Fsp3) is 0.200. The minimum absolute atomic E-state index is 0.0307. The molecule has 130 valence electrons. The molecule has 2 aromatic rings. The summed E-state index contributed by atoms with van der Waals surface area (Å²) in [6.07, 6.45) is 0. The van der Waals surface area contributed by atoms with Gasteiger partial charge in [0.05, 0.1) is 0 Å². The normalized spacial score (nSPS) is 11.7. The van der Waals surface area contributed by atoms with Gasteiger partial charge in [0, 0.05) is 0 Å². The SMILES string of the molecule is Cc1cc(C)c(Oc2c(F)c(F)c(S(=O)(=O)O)c(F)c2F)c(C)c1. The molecule has 0 bridgehead atoms. The van der Waals surface area contributed by atoms with Crippen molar-refractivity contribution in [3.05, 3.63) is 52.1 Å². The fourth-order valence-corrected chi connectivity index (χ4v) is 2.97. The molecule has 0 unspecified atom stereocenters. The van der Waals surface area contributed by atoms with Crippen LogP contribution in [0.25, 0.3) is 0 Å². The van der Waals surface area contributed by atoms with Gasteiger partial charge in [-0.15, -0.1) is 0 Å². The monoisotopic (exact) mass is 364 g/mol. The lowest BCUT2D eigenvalue weighted by Gasteiger charge is -2.15. The average molecular weight is 364 g/mol. The van der Waals surface area contributed by atoms with Crippen molar-refractivity contribution in [3.8, 4) is 11.5 Å². The van der Waals surface area contributed by atoms with E-state index in [0.29, 0.717) is 11.1 Å². The third-order valence-electron chi connectivity index (χ3n) is 3.25. The highest BCUT2D eigenvalue weighted by Gasteiger charge is 2.33. The highest BCUT2D eigenvalue weighted by molar-refractivity contribution is 7.85. The third kappa shape index (κ3) is 3.09. The van der Waals surface area contributed by atoms with Crippen LogP contribution in [0.3, 0.4) is 0 Å². The number of hydrogen-bond donors (Lipinski definition) is 1. The van der Waals surface area contributed by atoms with Crippen LogP contribution in [0.5, 0.6) is 11.5 Å². The second-order valence-electron chi connectivity index (χ2n) is 5.22. The molecule has 2 aromatic carbocycles. The third-order valence-corrected chi connectivity index (χ3v) is 4.12. The molecule has 0 aromatic heterocycles. The molecule has 0 heterocycles. The van der Waals surface area contributed by atoms with Gasteiger partial charge in [-0.2, -0.15) is 17.2 Å². The van der Waals surface area contributed by atoms with Gasteiger partial charge in [-0.1, -0.05) is 17.7 Å². The van der Waals surface area contributed by atoms with Gasteiger partial charge in [0.2, 0.25) is 17.4 Å². The Bertz CT molecular complexity index is 887. The maximum Gasteiger partial charge on any atom is 0.300 e. The number of benzene rings is 2. The summed E-state index contributed by atoms with van der Waals surface area (Å²) in [6, 6.07) is 3.24. The predicted octanol–water partition coefficient (Wildman–Crippen LogP) is 4.21. The molecule has 0 saturated heterocycles. The van der Waals surface area contributed by atoms with Crippen molar-refractivity contribution >= 4 is 10.1 Å². The highest BCUT2D eigenvalue weighted by Crippen LogP contribution is 2.37. The molecule has 0 radical (unpaired) electrons. The van der Waals surface area contributed by atoms with Gasteiger partial charge < -0.3 is 4.74 Å². The van der Waals surface area contributed by atoms with Crippen LogP contribution in [-0.2, 0) is 10.1 Å². The van der Waals surface area contributed by atoms with Gasteiger partial charge in [-0.25, -0.2) is 8.78 Å². The molecule has 0 fully saturated rings. The summed E-state index contributed by atoms with van der Waals surface area (Å²) >= 11 is 0. The van der Waals surface area contributed by atoms with Crippen LogP contribution in [0.15, 0.2) is 17.0 Å². The molecule has 0 aliphatic rings. The quantitative estimate of drug-likeness (QED) is 0.504. The summed E-state index contributed by atoms with van der Waals surface area (Å²) in [7, 11) is -5.51. The highest BCUT2D eigenvalue weighted by atomic mass is 32.2. The summed E-state index contributed by atoms with van der Waals surface area (Å²) < 4.78 is 91.0. The van der Waals surface area contributed by atoms with Crippen LogP contribution >= 0.6 is 0 Å². The van der Waals surface area contributed by atoms with Crippen LogP contribution in [-0.4, -0.2) is 13.0 Å². The molecule has 2 rings (SSSR count). The maximum atomic E-state index is 14.0. The largest absolute Gasteiger partial charge is 0.450 e. The predicted molar refractivity (Wildman–Crippen MR) is 76.8 cm³/mol. The van der Waals surface area contributed by atoms with Crippen LogP contribution in [0.1, 0.15) is 16.7 Å². The van der Waals surface area contributed by atoms with Crippen LogP contribution in [0.2, 0.25) is 0 Å². The molecular weight excluding hydrogens is 352 g/mol. The number of halogens is 4. The van der Waals surface area contributed by atoms with Gasteiger partial charge in [0.15, 0.2) is 16.5 Å². The van der Waals surface area contributed by atoms with E-state index in [1.54, 1.807) is 32.9 Å². The Hall–Kier alpha value is -2.13. The van der Waals surface area contributed by atoms with E-state index < -0.39 is 44.0 Å². The Balaban J connectivity index is 2.71. The summed E-state index contributed by atoms with van der Waals surface area (Å²) in [5, 5.41) is 0. The molecule has 0 spiro atoms. The lowest BCUT2D eigenvalue weighted by Crippen LogP contribution is -2.11. The first kappa shape index (κ1) is 18.2. The van der Waals surface area contributed by atoms with Crippen molar-refractivity contribution in [2.75, 3.05) is 0 Å². The summed E-state index contributed by atoms with van der Waals surface area (Å²) in [6.45, 7) is 4.89.